The molecule has 0 aromatic heterocycles. The Labute approximate surface area is 142 Å². The topological polar surface area (TPSA) is 53.9 Å². The predicted octanol–water partition coefficient (Wildman–Crippen LogP) is 2.48. The second-order valence-electron chi connectivity index (χ2n) is 6.02. The molecule has 1 atom stereocenters. The molecule has 1 saturated heterocycles. The van der Waals surface area contributed by atoms with Gasteiger partial charge in [0.1, 0.15) is 5.82 Å². The van der Waals surface area contributed by atoms with Crippen molar-refractivity contribution in [1.82, 2.24) is 10.2 Å². The van der Waals surface area contributed by atoms with Gasteiger partial charge in [-0.25, -0.2) is 4.39 Å². The van der Waals surface area contributed by atoms with Crippen molar-refractivity contribution in [2.24, 2.45) is 10.9 Å². The minimum absolute atomic E-state index is 0.117. The van der Waals surface area contributed by atoms with Crippen LogP contribution in [0.5, 0.6) is 0 Å². The number of guanidine groups is 1. The molecule has 6 heteroatoms. The van der Waals surface area contributed by atoms with Gasteiger partial charge in [-0.05, 0) is 43.9 Å². The van der Waals surface area contributed by atoms with Crippen molar-refractivity contribution in [3.05, 3.63) is 35.1 Å². The highest BCUT2D eigenvalue weighted by Crippen LogP contribution is 2.18. The number of benzene rings is 1. The molecular formula is C18H26FN3O2. The van der Waals surface area contributed by atoms with Gasteiger partial charge in [-0.1, -0.05) is 12.1 Å². The van der Waals surface area contributed by atoms with Gasteiger partial charge in [0, 0.05) is 26.7 Å². The normalized spacial score (nSPS) is 18.4. The molecule has 0 aliphatic carbocycles. The van der Waals surface area contributed by atoms with Crippen LogP contribution in [0.15, 0.2) is 23.2 Å². The fraction of sp³-hybridized carbons (Fsp3) is 0.556. The fourth-order valence-corrected chi connectivity index (χ4v) is 2.88. The first-order valence-electron chi connectivity index (χ1n) is 8.42. The molecule has 0 amide bonds. The first-order valence-corrected chi connectivity index (χ1v) is 8.42. The van der Waals surface area contributed by atoms with Gasteiger partial charge in [0.2, 0.25) is 0 Å². The smallest absolute Gasteiger partial charge is 0.310 e. The average molecular weight is 335 g/mol. The lowest BCUT2D eigenvalue weighted by atomic mass is 9.98. The van der Waals surface area contributed by atoms with Crippen LogP contribution in [-0.2, 0) is 16.1 Å². The molecule has 1 aromatic carbocycles. The number of carbonyl (C=O) groups is 1. The molecule has 24 heavy (non-hydrogen) atoms. The molecule has 1 unspecified atom stereocenters. The van der Waals surface area contributed by atoms with Crippen LogP contribution < -0.4 is 5.32 Å². The third-order valence-corrected chi connectivity index (χ3v) is 4.24. The Morgan fingerprint density at radius 2 is 2.29 bits per heavy atom. The molecule has 0 radical (unpaired) electrons. The summed E-state index contributed by atoms with van der Waals surface area (Å²) in [5.74, 6) is 0.266. The Morgan fingerprint density at radius 3 is 2.96 bits per heavy atom. The molecule has 1 N–H and O–H groups in total. The molecule has 1 aliphatic heterocycles. The van der Waals surface area contributed by atoms with Crippen LogP contribution >= 0.6 is 0 Å². The molecular weight excluding hydrogens is 309 g/mol. The summed E-state index contributed by atoms with van der Waals surface area (Å²) in [6.07, 6.45) is 1.76. The lowest BCUT2D eigenvalue weighted by molar-refractivity contribution is -0.149. The van der Waals surface area contributed by atoms with E-state index in [9.17, 15) is 9.18 Å². The van der Waals surface area contributed by atoms with Crippen LogP contribution in [0.4, 0.5) is 4.39 Å². The molecule has 1 aliphatic rings. The molecule has 1 heterocycles. The highest BCUT2D eigenvalue weighted by atomic mass is 19.1. The second kappa shape index (κ2) is 8.66. The molecule has 132 valence electrons. The van der Waals surface area contributed by atoms with E-state index in [2.05, 4.69) is 15.2 Å². The lowest BCUT2D eigenvalue weighted by Crippen LogP contribution is -2.48. The summed E-state index contributed by atoms with van der Waals surface area (Å²) in [4.78, 5) is 18.3. The first-order chi connectivity index (χ1) is 11.5. The lowest BCUT2D eigenvalue weighted by Gasteiger charge is -2.34. The summed E-state index contributed by atoms with van der Waals surface area (Å²) in [7, 11) is 1.71. The van der Waals surface area contributed by atoms with Crippen LogP contribution in [0, 0.1) is 18.7 Å². The van der Waals surface area contributed by atoms with Crippen LogP contribution in [-0.4, -0.2) is 43.6 Å². The zero-order valence-electron chi connectivity index (χ0n) is 14.6. The van der Waals surface area contributed by atoms with E-state index in [1.807, 2.05) is 13.0 Å². The minimum atomic E-state index is -0.204. The largest absolute Gasteiger partial charge is 0.466 e. The van der Waals surface area contributed by atoms with E-state index in [1.165, 1.54) is 6.07 Å². The second-order valence-corrected chi connectivity index (χ2v) is 6.02. The summed E-state index contributed by atoms with van der Waals surface area (Å²) in [5, 5.41) is 3.25. The summed E-state index contributed by atoms with van der Waals surface area (Å²) < 4.78 is 18.8. The summed E-state index contributed by atoms with van der Waals surface area (Å²) in [6, 6.07) is 5.20. The third kappa shape index (κ3) is 4.69. The maximum atomic E-state index is 13.6. The summed E-state index contributed by atoms with van der Waals surface area (Å²) >= 11 is 0. The van der Waals surface area contributed by atoms with Gasteiger partial charge in [0.05, 0.1) is 12.5 Å². The van der Waals surface area contributed by atoms with Gasteiger partial charge in [-0.2, -0.15) is 0 Å². The van der Waals surface area contributed by atoms with E-state index in [0.29, 0.717) is 25.3 Å². The van der Waals surface area contributed by atoms with Gasteiger partial charge < -0.3 is 15.0 Å². The SMILES string of the molecule is CCOC(=O)C1CCCN(C(=NC)NCc2ccc(C)c(F)c2)C1. The number of hydrogen-bond acceptors (Lipinski definition) is 3. The Hall–Kier alpha value is -2.11. The number of likely N-dealkylation sites (tertiary alicyclic amines) is 1. The van der Waals surface area contributed by atoms with Crippen LogP contribution in [0.1, 0.15) is 30.9 Å². The molecule has 0 spiro atoms. The average Bonchev–Trinajstić information content (AvgIpc) is 2.59. The summed E-state index contributed by atoms with van der Waals surface area (Å²) in [6.45, 7) is 5.90. The van der Waals surface area contributed by atoms with E-state index in [1.54, 1.807) is 20.0 Å². The van der Waals surface area contributed by atoms with Crippen molar-refractivity contribution in [3.8, 4) is 0 Å². The predicted molar refractivity (Wildman–Crippen MR) is 92.3 cm³/mol. The van der Waals surface area contributed by atoms with Crippen LogP contribution in [0.25, 0.3) is 0 Å². The van der Waals surface area contributed by atoms with Crippen molar-refractivity contribution in [3.63, 3.8) is 0 Å². The number of piperidine rings is 1. The van der Waals surface area contributed by atoms with Crippen LogP contribution in [0.3, 0.4) is 0 Å². The highest BCUT2D eigenvalue weighted by molar-refractivity contribution is 5.81. The number of nitrogens with one attached hydrogen (secondary N) is 1. The van der Waals surface area contributed by atoms with Gasteiger partial charge >= 0.3 is 5.97 Å². The zero-order chi connectivity index (χ0) is 17.5. The molecule has 2 rings (SSSR count). The minimum Gasteiger partial charge on any atom is -0.466 e. The molecule has 5 nitrogen and oxygen atoms in total. The molecule has 0 saturated carbocycles. The van der Waals surface area contributed by atoms with Crippen molar-refractivity contribution >= 4 is 11.9 Å². The van der Waals surface area contributed by atoms with E-state index in [4.69, 9.17) is 4.74 Å². The van der Waals surface area contributed by atoms with Gasteiger partial charge in [-0.15, -0.1) is 0 Å². The van der Waals surface area contributed by atoms with Crippen molar-refractivity contribution < 1.29 is 13.9 Å². The zero-order valence-corrected chi connectivity index (χ0v) is 14.6. The number of halogens is 1. The summed E-state index contributed by atoms with van der Waals surface area (Å²) in [5.41, 5.74) is 1.50. The number of aliphatic imine (C=N–C) groups is 1. The van der Waals surface area contributed by atoms with Crippen molar-refractivity contribution in [2.45, 2.75) is 33.2 Å². The number of hydrogen-bond donors (Lipinski definition) is 1. The maximum absolute atomic E-state index is 13.6. The number of aryl methyl sites for hydroxylation is 1. The Bertz CT molecular complexity index is 604. The number of rotatable bonds is 4. The maximum Gasteiger partial charge on any atom is 0.310 e. The standard InChI is InChI=1S/C18H26FN3O2/c1-4-24-17(23)15-6-5-9-22(12-15)18(20-3)21-11-14-8-7-13(2)16(19)10-14/h7-8,10,15H,4-6,9,11-12H2,1-3H3,(H,20,21). The van der Waals surface area contributed by atoms with E-state index in [0.717, 1.165) is 30.9 Å². The fourth-order valence-electron chi connectivity index (χ4n) is 2.88. The molecule has 0 bridgehead atoms. The van der Waals surface area contributed by atoms with Gasteiger partial charge in [0.15, 0.2) is 5.96 Å². The number of ether oxygens (including phenoxy) is 1. The number of esters is 1. The molecule has 1 aromatic rings. The quantitative estimate of drug-likeness (QED) is 0.522. The van der Waals surface area contributed by atoms with Gasteiger partial charge in [-0.3, -0.25) is 9.79 Å². The monoisotopic (exact) mass is 335 g/mol. The number of nitrogens with zero attached hydrogens (tertiary/aromatic N) is 2. The van der Waals surface area contributed by atoms with Crippen LogP contribution in [0.2, 0.25) is 0 Å². The van der Waals surface area contributed by atoms with Crippen molar-refractivity contribution in [1.29, 1.82) is 0 Å². The molecule has 1 fully saturated rings. The number of carbonyl (C=O) groups excluding carboxylic acids is 1. The Morgan fingerprint density at radius 1 is 1.50 bits per heavy atom. The van der Waals surface area contributed by atoms with E-state index >= 15 is 0 Å². The van der Waals surface area contributed by atoms with E-state index in [-0.39, 0.29) is 17.7 Å². The van der Waals surface area contributed by atoms with Gasteiger partial charge in [0.25, 0.3) is 0 Å². The van der Waals surface area contributed by atoms with E-state index < -0.39 is 0 Å². The third-order valence-electron chi connectivity index (χ3n) is 4.24. The first kappa shape index (κ1) is 18.2. The Kier molecular flexibility index (Phi) is 6.58. The highest BCUT2D eigenvalue weighted by Gasteiger charge is 2.28. The van der Waals surface area contributed by atoms with Crippen molar-refractivity contribution in [2.75, 3.05) is 26.7 Å². The Balaban J connectivity index is 1.95.